The molecule has 0 atom stereocenters. The number of carbonyl (C=O) groups excluding carboxylic acids is 2. The molecule has 1 aliphatic heterocycles. The number of esters is 1. The second-order valence-electron chi connectivity index (χ2n) is 4.51. The zero-order chi connectivity index (χ0) is 14.1. The van der Waals surface area contributed by atoms with Crippen molar-refractivity contribution in [1.82, 2.24) is 10.4 Å². The molecular formula is C14H14N2O4. The van der Waals surface area contributed by atoms with E-state index in [1.807, 2.05) is 24.3 Å². The van der Waals surface area contributed by atoms with Crippen LogP contribution in [0.5, 0.6) is 0 Å². The maximum absolute atomic E-state index is 12.0. The van der Waals surface area contributed by atoms with Crippen LogP contribution in [-0.2, 0) is 16.1 Å². The van der Waals surface area contributed by atoms with Crippen LogP contribution < -0.4 is 5.43 Å². The summed E-state index contributed by atoms with van der Waals surface area (Å²) in [5.41, 5.74) is 4.09. The lowest BCUT2D eigenvalue weighted by molar-refractivity contribution is -0.145. The number of nitrogens with one attached hydrogen (secondary N) is 1. The summed E-state index contributed by atoms with van der Waals surface area (Å²) < 4.78 is 10.4. The number of hydrogen-bond donors (Lipinski definition) is 1. The number of carbonyl (C=O) groups is 2. The first-order chi connectivity index (χ1) is 9.69. The normalized spacial score (nSPS) is 14.9. The molecule has 0 unspecified atom stereocenters. The number of ether oxygens (including phenoxy) is 1. The van der Waals surface area contributed by atoms with Crippen molar-refractivity contribution in [3.63, 3.8) is 0 Å². The molecule has 6 nitrogen and oxygen atoms in total. The molecule has 6 heteroatoms. The molecule has 0 saturated carbocycles. The second kappa shape index (κ2) is 4.97. The molecular weight excluding hydrogens is 260 g/mol. The second-order valence-corrected chi connectivity index (χ2v) is 4.51. The Morgan fingerprint density at radius 3 is 3.05 bits per heavy atom. The first kappa shape index (κ1) is 12.7. The van der Waals surface area contributed by atoms with Crippen molar-refractivity contribution in [2.45, 2.75) is 13.5 Å². The fraction of sp³-hybridized carbons (Fsp3) is 0.286. The fourth-order valence-corrected chi connectivity index (χ4v) is 2.32. The minimum atomic E-state index is -0.371. The van der Waals surface area contributed by atoms with Crippen LogP contribution in [0.4, 0.5) is 0 Å². The Morgan fingerprint density at radius 1 is 1.45 bits per heavy atom. The SMILES string of the molecule is CCOC(=O)CN1Cc2c(oc3ccccc23)C(=O)N1. The minimum Gasteiger partial charge on any atom is -0.465 e. The van der Waals surface area contributed by atoms with Gasteiger partial charge in [-0.2, -0.15) is 0 Å². The number of rotatable bonds is 3. The number of para-hydroxylation sites is 1. The molecule has 1 amide bonds. The fourth-order valence-electron chi connectivity index (χ4n) is 2.32. The smallest absolute Gasteiger partial charge is 0.322 e. The summed E-state index contributed by atoms with van der Waals surface area (Å²) in [6.45, 7) is 2.49. The Hall–Kier alpha value is -2.34. The van der Waals surface area contributed by atoms with Crippen LogP contribution >= 0.6 is 0 Å². The molecule has 0 fully saturated rings. The molecule has 0 aliphatic carbocycles. The van der Waals surface area contributed by atoms with Gasteiger partial charge in [-0.1, -0.05) is 18.2 Å². The van der Waals surface area contributed by atoms with Gasteiger partial charge in [-0.3, -0.25) is 15.0 Å². The first-order valence-electron chi connectivity index (χ1n) is 6.41. The van der Waals surface area contributed by atoms with Gasteiger partial charge in [0, 0.05) is 17.5 Å². The highest BCUT2D eigenvalue weighted by Crippen LogP contribution is 2.28. The van der Waals surface area contributed by atoms with Gasteiger partial charge in [0.15, 0.2) is 5.76 Å². The van der Waals surface area contributed by atoms with Gasteiger partial charge >= 0.3 is 11.9 Å². The van der Waals surface area contributed by atoms with Gasteiger partial charge in [0.1, 0.15) is 12.1 Å². The number of furan rings is 1. The molecule has 0 bridgehead atoms. The van der Waals surface area contributed by atoms with E-state index in [0.717, 1.165) is 10.9 Å². The Kier molecular flexibility index (Phi) is 3.15. The number of benzene rings is 1. The third-order valence-electron chi connectivity index (χ3n) is 3.14. The summed E-state index contributed by atoms with van der Waals surface area (Å²) in [6.07, 6.45) is 0. The topological polar surface area (TPSA) is 71.8 Å². The number of hydrazine groups is 1. The largest absolute Gasteiger partial charge is 0.465 e. The zero-order valence-corrected chi connectivity index (χ0v) is 11.0. The molecule has 0 radical (unpaired) electrons. The van der Waals surface area contributed by atoms with Gasteiger partial charge in [0.05, 0.1) is 6.61 Å². The summed E-state index contributed by atoms with van der Waals surface area (Å²) in [7, 11) is 0. The lowest BCUT2D eigenvalue weighted by Crippen LogP contribution is -2.48. The van der Waals surface area contributed by atoms with E-state index in [9.17, 15) is 9.59 Å². The van der Waals surface area contributed by atoms with E-state index >= 15 is 0 Å². The average Bonchev–Trinajstić information content (AvgIpc) is 2.79. The Morgan fingerprint density at radius 2 is 2.25 bits per heavy atom. The van der Waals surface area contributed by atoms with E-state index in [1.54, 1.807) is 6.92 Å². The van der Waals surface area contributed by atoms with E-state index in [2.05, 4.69) is 5.43 Å². The highest BCUT2D eigenvalue weighted by Gasteiger charge is 2.29. The number of hydrogen-bond acceptors (Lipinski definition) is 5. The summed E-state index contributed by atoms with van der Waals surface area (Å²) in [6, 6.07) is 7.46. The van der Waals surface area contributed by atoms with Crippen LogP contribution in [0.2, 0.25) is 0 Å². The van der Waals surface area contributed by atoms with Crippen molar-refractivity contribution in [3.8, 4) is 0 Å². The summed E-state index contributed by atoms with van der Waals surface area (Å²) in [5.74, 6) is -0.401. The maximum atomic E-state index is 12.0. The average molecular weight is 274 g/mol. The van der Waals surface area contributed by atoms with Crippen LogP contribution in [0.15, 0.2) is 28.7 Å². The molecule has 3 rings (SSSR count). The van der Waals surface area contributed by atoms with E-state index in [-0.39, 0.29) is 18.4 Å². The van der Waals surface area contributed by atoms with Crippen LogP contribution in [0.1, 0.15) is 23.0 Å². The van der Waals surface area contributed by atoms with Crippen molar-refractivity contribution >= 4 is 22.8 Å². The molecule has 2 heterocycles. The Labute approximate surface area is 115 Å². The molecule has 1 N–H and O–H groups in total. The molecule has 20 heavy (non-hydrogen) atoms. The standard InChI is InChI=1S/C14H14N2O4/c1-2-19-12(17)8-16-7-10-9-5-3-4-6-11(9)20-13(10)14(18)15-16/h3-6H,2,7-8H2,1H3,(H,15,18). The van der Waals surface area contributed by atoms with Crippen molar-refractivity contribution < 1.29 is 18.7 Å². The number of fused-ring (bicyclic) bond motifs is 3. The number of amides is 1. The first-order valence-corrected chi connectivity index (χ1v) is 6.41. The van der Waals surface area contributed by atoms with Gasteiger partial charge < -0.3 is 9.15 Å². The molecule has 104 valence electrons. The van der Waals surface area contributed by atoms with Crippen molar-refractivity contribution in [1.29, 1.82) is 0 Å². The highest BCUT2D eigenvalue weighted by molar-refractivity contribution is 5.99. The lowest BCUT2D eigenvalue weighted by atomic mass is 10.1. The van der Waals surface area contributed by atoms with Gasteiger partial charge in [-0.25, -0.2) is 5.01 Å². The van der Waals surface area contributed by atoms with Crippen molar-refractivity contribution in [2.75, 3.05) is 13.2 Å². The summed E-state index contributed by atoms with van der Waals surface area (Å²) in [5, 5.41) is 2.43. The monoisotopic (exact) mass is 274 g/mol. The third kappa shape index (κ3) is 2.14. The van der Waals surface area contributed by atoms with Gasteiger partial charge in [0.25, 0.3) is 0 Å². The highest BCUT2D eigenvalue weighted by atomic mass is 16.5. The van der Waals surface area contributed by atoms with Crippen LogP contribution in [0.25, 0.3) is 11.0 Å². The Balaban J connectivity index is 1.89. The van der Waals surface area contributed by atoms with E-state index < -0.39 is 0 Å². The van der Waals surface area contributed by atoms with Crippen LogP contribution in [-0.4, -0.2) is 30.0 Å². The van der Waals surface area contributed by atoms with Crippen molar-refractivity contribution in [3.05, 3.63) is 35.6 Å². The number of nitrogens with zero attached hydrogens (tertiary/aromatic N) is 1. The maximum Gasteiger partial charge on any atom is 0.322 e. The van der Waals surface area contributed by atoms with Gasteiger partial charge in [-0.05, 0) is 13.0 Å². The van der Waals surface area contributed by atoms with E-state index in [0.29, 0.717) is 24.5 Å². The minimum absolute atomic E-state index is 0.0124. The van der Waals surface area contributed by atoms with Gasteiger partial charge in [0.2, 0.25) is 0 Å². The summed E-state index contributed by atoms with van der Waals surface area (Å²) in [4.78, 5) is 23.5. The summed E-state index contributed by atoms with van der Waals surface area (Å²) >= 11 is 0. The van der Waals surface area contributed by atoms with E-state index in [4.69, 9.17) is 9.15 Å². The predicted octanol–water partition coefficient (Wildman–Crippen LogP) is 1.46. The molecule has 1 aliphatic rings. The molecule has 2 aromatic rings. The lowest BCUT2D eigenvalue weighted by Gasteiger charge is -2.25. The van der Waals surface area contributed by atoms with E-state index in [1.165, 1.54) is 5.01 Å². The molecule has 1 aromatic heterocycles. The zero-order valence-electron chi connectivity index (χ0n) is 11.0. The van der Waals surface area contributed by atoms with Crippen molar-refractivity contribution in [2.24, 2.45) is 0 Å². The van der Waals surface area contributed by atoms with Crippen LogP contribution in [0, 0.1) is 0 Å². The molecule has 0 saturated heterocycles. The predicted molar refractivity (Wildman–Crippen MR) is 70.7 cm³/mol. The Bertz CT molecular complexity index is 677. The molecule has 1 aromatic carbocycles. The quantitative estimate of drug-likeness (QED) is 0.858. The third-order valence-corrected chi connectivity index (χ3v) is 3.14. The van der Waals surface area contributed by atoms with Crippen LogP contribution in [0.3, 0.4) is 0 Å². The van der Waals surface area contributed by atoms with Gasteiger partial charge in [-0.15, -0.1) is 0 Å². The molecule has 0 spiro atoms.